The Bertz CT molecular complexity index is 511. The summed E-state index contributed by atoms with van der Waals surface area (Å²) in [6, 6.07) is 2.51. The number of aryl methyl sites for hydroxylation is 1. The van der Waals surface area contributed by atoms with Crippen LogP contribution in [-0.4, -0.2) is 21.1 Å². The average Bonchev–Trinajstić information content (AvgIpc) is 2.81. The zero-order chi connectivity index (χ0) is 11.7. The minimum Gasteiger partial charge on any atom is -0.310 e. The first-order chi connectivity index (χ1) is 8.36. The summed E-state index contributed by atoms with van der Waals surface area (Å²) in [5, 5.41) is 8.05. The maximum atomic E-state index is 4.51. The molecule has 1 atom stereocenters. The van der Waals surface area contributed by atoms with Crippen molar-refractivity contribution in [2.45, 2.75) is 38.6 Å². The highest BCUT2D eigenvalue weighted by Crippen LogP contribution is 2.22. The molecule has 3 rings (SSSR count). The Morgan fingerprint density at radius 3 is 3.18 bits per heavy atom. The minimum absolute atomic E-state index is 0.454. The van der Waals surface area contributed by atoms with Crippen molar-refractivity contribution in [1.29, 1.82) is 0 Å². The summed E-state index contributed by atoms with van der Waals surface area (Å²) >= 11 is 0. The molecule has 0 aliphatic carbocycles. The lowest BCUT2D eigenvalue weighted by Crippen LogP contribution is -2.27. The van der Waals surface area contributed by atoms with Crippen LogP contribution in [0.5, 0.6) is 0 Å². The van der Waals surface area contributed by atoms with Crippen molar-refractivity contribution < 1.29 is 0 Å². The second-order valence-corrected chi connectivity index (χ2v) is 4.68. The number of fused-ring (bicyclic) bond motifs is 1. The fraction of sp³-hybridized carbons (Fsp3) is 0.538. The van der Waals surface area contributed by atoms with Crippen LogP contribution >= 0.6 is 0 Å². The Balaban J connectivity index is 1.94. The molecule has 4 heteroatoms. The topological polar surface area (TPSA) is 42.2 Å². The van der Waals surface area contributed by atoms with E-state index in [0.717, 1.165) is 24.3 Å². The SMILES string of the molecule is CCc1cc2ncc(C3CCCCN3)cn2n1. The third kappa shape index (κ3) is 2.05. The third-order valence-corrected chi connectivity index (χ3v) is 3.46. The lowest BCUT2D eigenvalue weighted by atomic mass is 10.00. The Labute approximate surface area is 101 Å². The van der Waals surface area contributed by atoms with Gasteiger partial charge in [-0.25, -0.2) is 9.50 Å². The van der Waals surface area contributed by atoms with Gasteiger partial charge in [-0.05, 0) is 25.8 Å². The largest absolute Gasteiger partial charge is 0.310 e. The molecule has 90 valence electrons. The van der Waals surface area contributed by atoms with Gasteiger partial charge >= 0.3 is 0 Å². The van der Waals surface area contributed by atoms with Crippen LogP contribution in [0.2, 0.25) is 0 Å². The summed E-state index contributed by atoms with van der Waals surface area (Å²) in [6.45, 7) is 3.23. The van der Waals surface area contributed by atoms with Crippen LogP contribution in [0.15, 0.2) is 18.5 Å². The van der Waals surface area contributed by atoms with Crippen molar-refractivity contribution in [1.82, 2.24) is 19.9 Å². The van der Waals surface area contributed by atoms with E-state index in [0.29, 0.717) is 6.04 Å². The maximum absolute atomic E-state index is 4.51. The molecule has 0 radical (unpaired) electrons. The van der Waals surface area contributed by atoms with E-state index >= 15 is 0 Å². The molecule has 0 amide bonds. The van der Waals surface area contributed by atoms with E-state index in [9.17, 15) is 0 Å². The van der Waals surface area contributed by atoms with Crippen LogP contribution in [0.25, 0.3) is 5.65 Å². The van der Waals surface area contributed by atoms with Crippen molar-refractivity contribution in [2.24, 2.45) is 0 Å². The summed E-state index contributed by atoms with van der Waals surface area (Å²) in [7, 11) is 0. The molecule has 1 aliphatic heterocycles. The summed E-state index contributed by atoms with van der Waals surface area (Å²) in [5.41, 5.74) is 3.30. The van der Waals surface area contributed by atoms with Crippen molar-refractivity contribution in [3.63, 3.8) is 0 Å². The normalized spacial score (nSPS) is 20.9. The van der Waals surface area contributed by atoms with Gasteiger partial charge < -0.3 is 5.32 Å². The molecule has 0 aromatic carbocycles. The Morgan fingerprint density at radius 1 is 1.47 bits per heavy atom. The van der Waals surface area contributed by atoms with Crippen molar-refractivity contribution >= 4 is 5.65 Å². The number of nitrogens with one attached hydrogen (secondary N) is 1. The van der Waals surface area contributed by atoms with Crippen LogP contribution in [0.1, 0.15) is 43.5 Å². The Hall–Kier alpha value is -1.42. The second-order valence-electron chi connectivity index (χ2n) is 4.68. The van der Waals surface area contributed by atoms with E-state index in [1.165, 1.54) is 24.8 Å². The van der Waals surface area contributed by atoms with E-state index in [-0.39, 0.29) is 0 Å². The highest BCUT2D eigenvalue weighted by molar-refractivity contribution is 5.39. The molecule has 17 heavy (non-hydrogen) atoms. The van der Waals surface area contributed by atoms with Gasteiger partial charge in [0.15, 0.2) is 5.65 Å². The number of piperidine rings is 1. The van der Waals surface area contributed by atoms with E-state index < -0.39 is 0 Å². The minimum atomic E-state index is 0.454. The molecule has 1 fully saturated rings. The number of hydrogen-bond acceptors (Lipinski definition) is 3. The molecule has 3 heterocycles. The molecule has 1 saturated heterocycles. The molecule has 2 aromatic rings. The quantitative estimate of drug-likeness (QED) is 0.859. The molecule has 0 spiro atoms. The smallest absolute Gasteiger partial charge is 0.155 e. The standard InChI is InChI=1S/C13H18N4/c1-2-11-7-13-15-8-10(9-17(13)16-11)12-5-3-4-6-14-12/h7-9,12,14H,2-6H2,1H3. The molecule has 1 N–H and O–H groups in total. The fourth-order valence-corrected chi connectivity index (χ4v) is 2.43. The molecule has 4 nitrogen and oxygen atoms in total. The summed E-state index contributed by atoms with van der Waals surface area (Å²) in [4.78, 5) is 4.49. The first-order valence-electron chi connectivity index (χ1n) is 6.44. The van der Waals surface area contributed by atoms with Crippen LogP contribution in [0.3, 0.4) is 0 Å². The van der Waals surface area contributed by atoms with Gasteiger partial charge in [0.05, 0.1) is 5.69 Å². The molecular weight excluding hydrogens is 212 g/mol. The molecule has 0 bridgehead atoms. The Kier molecular flexibility index (Phi) is 2.81. The highest BCUT2D eigenvalue weighted by atomic mass is 15.2. The molecule has 1 aliphatic rings. The zero-order valence-corrected chi connectivity index (χ0v) is 10.2. The van der Waals surface area contributed by atoms with Crippen LogP contribution in [0.4, 0.5) is 0 Å². The van der Waals surface area contributed by atoms with E-state index in [1.54, 1.807) is 0 Å². The number of nitrogens with zero attached hydrogens (tertiary/aromatic N) is 3. The van der Waals surface area contributed by atoms with Gasteiger partial charge in [0.25, 0.3) is 0 Å². The zero-order valence-electron chi connectivity index (χ0n) is 10.2. The van der Waals surface area contributed by atoms with Gasteiger partial charge in [0.1, 0.15) is 0 Å². The molecule has 1 unspecified atom stereocenters. The van der Waals surface area contributed by atoms with Crippen molar-refractivity contribution in [3.05, 3.63) is 29.7 Å². The number of rotatable bonds is 2. The average molecular weight is 230 g/mol. The highest BCUT2D eigenvalue weighted by Gasteiger charge is 2.15. The predicted octanol–water partition coefficient (Wildman–Crippen LogP) is 2.11. The predicted molar refractivity (Wildman–Crippen MR) is 67.0 cm³/mol. The van der Waals surface area contributed by atoms with Crippen LogP contribution < -0.4 is 5.32 Å². The van der Waals surface area contributed by atoms with E-state index in [2.05, 4.69) is 34.6 Å². The van der Waals surface area contributed by atoms with Crippen molar-refractivity contribution in [3.8, 4) is 0 Å². The number of hydrogen-bond donors (Lipinski definition) is 1. The van der Waals surface area contributed by atoms with Gasteiger partial charge in [0.2, 0.25) is 0 Å². The van der Waals surface area contributed by atoms with Crippen LogP contribution in [0, 0.1) is 0 Å². The summed E-state index contributed by atoms with van der Waals surface area (Å²) in [5.74, 6) is 0. The third-order valence-electron chi connectivity index (χ3n) is 3.46. The summed E-state index contributed by atoms with van der Waals surface area (Å²) < 4.78 is 1.91. The lowest BCUT2D eigenvalue weighted by Gasteiger charge is -2.23. The van der Waals surface area contributed by atoms with Gasteiger partial charge in [-0.1, -0.05) is 13.3 Å². The van der Waals surface area contributed by atoms with Gasteiger partial charge in [-0.15, -0.1) is 0 Å². The number of aromatic nitrogens is 3. The lowest BCUT2D eigenvalue weighted by molar-refractivity contribution is 0.410. The van der Waals surface area contributed by atoms with E-state index in [4.69, 9.17) is 0 Å². The summed E-state index contributed by atoms with van der Waals surface area (Å²) in [6.07, 6.45) is 8.85. The van der Waals surface area contributed by atoms with E-state index in [1.807, 2.05) is 10.7 Å². The Morgan fingerprint density at radius 2 is 2.41 bits per heavy atom. The first-order valence-corrected chi connectivity index (χ1v) is 6.44. The first kappa shape index (κ1) is 10.7. The second kappa shape index (κ2) is 4.45. The van der Waals surface area contributed by atoms with Crippen LogP contribution in [-0.2, 0) is 6.42 Å². The molecule has 0 saturated carbocycles. The maximum Gasteiger partial charge on any atom is 0.155 e. The molecular formula is C13H18N4. The van der Waals surface area contributed by atoms with Crippen molar-refractivity contribution in [2.75, 3.05) is 6.54 Å². The fourth-order valence-electron chi connectivity index (χ4n) is 2.43. The van der Waals surface area contributed by atoms with Gasteiger partial charge in [0, 0.05) is 30.1 Å². The van der Waals surface area contributed by atoms with Gasteiger partial charge in [-0.3, -0.25) is 0 Å². The monoisotopic (exact) mass is 230 g/mol. The molecule has 2 aromatic heterocycles. The van der Waals surface area contributed by atoms with Gasteiger partial charge in [-0.2, -0.15) is 5.10 Å².